The molecule has 2 rings (SSSR count). The topological polar surface area (TPSA) is 24.9 Å². The highest BCUT2D eigenvalue weighted by Crippen LogP contribution is 2.23. The maximum absolute atomic E-state index is 4.46. The fourth-order valence-corrected chi connectivity index (χ4v) is 2.91. The molecule has 0 fully saturated rings. The van der Waals surface area contributed by atoms with E-state index in [9.17, 15) is 0 Å². The molecule has 0 aliphatic carbocycles. The normalized spacial score (nSPS) is 12.7. The van der Waals surface area contributed by atoms with Gasteiger partial charge in [-0.3, -0.25) is 4.98 Å². The van der Waals surface area contributed by atoms with Crippen molar-refractivity contribution in [1.29, 1.82) is 0 Å². The van der Waals surface area contributed by atoms with Crippen molar-refractivity contribution in [3.8, 4) is 0 Å². The smallest absolute Gasteiger partial charge is 0.0705 e. The zero-order chi connectivity index (χ0) is 14.9. The van der Waals surface area contributed by atoms with Crippen LogP contribution in [0.3, 0.4) is 0 Å². The van der Waals surface area contributed by atoms with Crippen molar-refractivity contribution < 1.29 is 0 Å². The lowest BCUT2D eigenvalue weighted by Gasteiger charge is -2.17. The van der Waals surface area contributed by atoms with E-state index in [4.69, 9.17) is 0 Å². The maximum atomic E-state index is 4.46. The molecule has 0 aliphatic rings. The van der Waals surface area contributed by atoms with Crippen LogP contribution < -0.4 is 5.32 Å². The molecule has 1 unspecified atom stereocenters. The Balaban J connectivity index is 1.89. The molecule has 114 valence electrons. The van der Waals surface area contributed by atoms with Crippen LogP contribution in [-0.4, -0.2) is 12.0 Å². The molecular formula is C19H28N2. The van der Waals surface area contributed by atoms with Gasteiger partial charge in [-0.2, -0.15) is 0 Å². The van der Waals surface area contributed by atoms with E-state index in [1.165, 1.54) is 55.9 Å². The van der Waals surface area contributed by atoms with Crippen LogP contribution in [0, 0.1) is 0 Å². The molecule has 0 bridgehead atoms. The zero-order valence-corrected chi connectivity index (χ0v) is 13.4. The Kier molecular flexibility index (Phi) is 6.68. The summed E-state index contributed by atoms with van der Waals surface area (Å²) in [4.78, 5) is 4.46. The average molecular weight is 284 g/mol. The zero-order valence-electron chi connectivity index (χ0n) is 13.4. The highest BCUT2D eigenvalue weighted by Gasteiger charge is 2.09. The molecule has 0 radical (unpaired) electrons. The number of nitrogens with one attached hydrogen (secondary N) is 1. The molecule has 1 atom stereocenters. The van der Waals surface area contributed by atoms with Gasteiger partial charge in [-0.05, 0) is 31.2 Å². The summed E-state index contributed by atoms with van der Waals surface area (Å²) in [5.41, 5.74) is 2.45. The molecule has 2 heteroatoms. The molecule has 0 spiro atoms. The molecule has 0 saturated carbocycles. The number of hydrogen-bond acceptors (Lipinski definition) is 2. The van der Waals surface area contributed by atoms with Gasteiger partial charge in [-0.15, -0.1) is 0 Å². The summed E-state index contributed by atoms with van der Waals surface area (Å²) in [6.45, 7) is 2.27. The van der Waals surface area contributed by atoms with Crippen molar-refractivity contribution in [2.75, 3.05) is 7.05 Å². The van der Waals surface area contributed by atoms with Gasteiger partial charge in [-0.1, -0.05) is 63.6 Å². The first-order valence-electron chi connectivity index (χ1n) is 8.37. The van der Waals surface area contributed by atoms with Crippen molar-refractivity contribution in [1.82, 2.24) is 10.3 Å². The van der Waals surface area contributed by atoms with Gasteiger partial charge in [0.1, 0.15) is 0 Å². The molecule has 1 aromatic carbocycles. The summed E-state index contributed by atoms with van der Waals surface area (Å²) in [6.07, 6.45) is 11.2. The SMILES string of the molecule is CCCCCCCCC(NC)c1ccc2cccnc2c1. The summed E-state index contributed by atoms with van der Waals surface area (Å²) in [6, 6.07) is 11.2. The Labute approximate surface area is 129 Å². The van der Waals surface area contributed by atoms with Gasteiger partial charge in [0.15, 0.2) is 0 Å². The predicted molar refractivity (Wildman–Crippen MR) is 91.5 cm³/mol. The number of nitrogens with zero attached hydrogens (tertiary/aromatic N) is 1. The first-order valence-corrected chi connectivity index (χ1v) is 8.37. The van der Waals surface area contributed by atoms with Crippen LogP contribution in [0.15, 0.2) is 36.5 Å². The monoisotopic (exact) mass is 284 g/mol. The lowest BCUT2D eigenvalue weighted by Crippen LogP contribution is -2.16. The average Bonchev–Trinajstić information content (AvgIpc) is 2.54. The third-order valence-electron chi connectivity index (χ3n) is 4.23. The van der Waals surface area contributed by atoms with Gasteiger partial charge in [0, 0.05) is 17.6 Å². The first kappa shape index (κ1) is 16.0. The molecule has 0 amide bonds. The van der Waals surface area contributed by atoms with E-state index in [0.717, 1.165) is 5.52 Å². The summed E-state index contributed by atoms with van der Waals surface area (Å²) in [7, 11) is 2.06. The number of pyridine rings is 1. The van der Waals surface area contributed by atoms with Gasteiger partial charge in [0.05, 0.1) is 5.52 Å². The second-order valence-corrected chi connectivity index (χ2v) is 5.85. The largest absolute Gasteiger partial charge is 0.313 e. The van der Waals surface area contributed by atoms with Crippen molar-refractivity contribution in [3.05, 3.63) is 42.1 Å². The van der Waals surface area contributed by atoms with Crippen molar-refractivity contribution in [2.24, 2.45) is 0 Å². The van der Waals surface area contributed by atoms with Crippen LogP contribution in [0.1, 0.15) is 63.5 Å². The van der Waals surface area contributed by atoms with Crippen LogP contribution >= 0.6 is 0 Å². The van der Waals surface area contributed by atoms with E-state index in [-0.39, 0.29) is 0 Å². The lowest BCUT2D eigenvalue weighted by molar-refractivity contribution is 0.498. The highest BCUT2D eigenvalue weighted by molar-refractivity contribution is 5.78. The number of benzene rings is 1. The summed E-state index contributed by atoms with van der Waals surface area (Å²) in [5.74, 6) is 0. The van der Waals surface area contributed by atoms with Gasteiger partial charge in [0.2, 0.25) is 0 Å². The van der Waals surface area contributed by atoms with Crippen LogP contribution in [0.4, 0.5) is 0 Å². The molecule has 1 N–H and O–H groups in total. The van der Waals surface area contributed by atoms with Crippen LogP contribution in [0.2, 0.25) is 0 Å². The Morgan fingerprint density at radius 2 is 1.86 bits per heavy atom. The molecule has 0 aliphatic heterocycles. The van der Waals surface area contributed by atoms with Gasteiger partial charge >= 0.3 is 0 Å². The summed E-state index contributed by atoms with van der Waals surface area (Å²) >= 11 is 0. The highest BCUT2D eigenvalue weighted by atomic mass is 14.9. The van der Waals surface area contributed by atoms with Gasteiger partial charge in [-0.25, -0.2) is 0 Å². The summed E-state index contributed by atoms with van der Waals surface area (Å²) in [5, 5.41) is 4.68. The fraction of sp³-hybridized carbons (Fsp3) is 0.526. The number of unbranched alkanes of at least 4 members (excludes halogenated alkanes) is 5. The van der Waals surface area contributed by atoms with Crippen molar-refractivity contribution in [3.63, 3.8) is 0 Å². The molecule has 0 saturated heterocycles. The molecule has 21 heavy (non-hydrogen) atoms. The lowest BCUT2D eigenvalue weighted by atomic mass is 9.98. The minimum absolute atomic E-state index is 0.447. The Hall–Kier alpha value is -1.41. The van der Waals surface area contributed by atoms with E-state index in [2.05, 4.69) is 48.5 Å². The van der Waals surface area contributed by atoms with Crippen molar-refractivity contribution in [2.45, 2.75) is 57.9 Å². The molecule has 1 heterocycles. The predicted octanol–water partition coefficient (Wildman–Crippen LogP) is 5.25. The molecular weight excluding hydrogens is 256 g/mol. The standard InChI is InChI=1S/C19H28N2/c1-3-4-5-6-7-8-11-18(20-2)17-13-12-16-10-9-14-21-19(16)15-17/h9-10,12-15,18,20H,3-8,11H2,1-2H3. The minimum Gasteiger partial charge on any atom is -0.313 e. The number of hydrogen-bond donors (Lipinski definition) is 1. The molecule has 2 aromatic rings. The molecule has 2 nitrogen and oxygen atoms in total. The van der Waals surface area contributed by atoms with Gasteiger partial charge < -0.3 is 5.32 Å². The van der Waals surface area contributed by atoms with Gasteiger partial charge in [0.25, 0.3) is 0 Å². The first-order chi connectivity index (χ1) is 10.3. The third-order valence-corrected chi connectivity index (χ3v) is 4.23. The number of rotatable bonds is 9. The van der Waals surface area contributed by atoms with E-state index in [1.807, 2.05) is 12.3 Å². The summed E-state index contributed by atoms with van der Waals surface area (Å²) < 4.78 is 0. The van der Waals surface area contributed by atoms with E-state index >= 15 is 0 Å². The second kappa shape index (κ2) is 8.78. The van der Waals surface area contributed by atoms with Crippen LogP contribution in [-0.2, 0) is 0 Å². The number of aromatic nitrogens is 1. The Morgan fingerprint density at radius 3 is 2.67 bits per heavy atom. The van der Waals surface area contributed by atoms with Crippen molar-refractivity contribution >= 4 is 10.9 Å². The Bertz CT molecular complexity index is 536. The third kappa shape index (κ3) is 4.82. The molecule has 1 aromatic heterocycles. The Morgan fingerprint density at radius 1 is 1.05 bits per heavy atom. The van der Waals surface area contributed by atoms with E-state index in [1.54, 1.807) is 0 Å². The quantitative estimate of drug-likeness (QED) is 0.636. The minimum atomic E-state index is 0.447. The van der Waals surface area contributed by atoms with E-state index in [0.29, 0.717) is 6.04 Å². The van der Waals surface area contributed by atoms with E-state index < -0.39 is 0 Å². The van der Waals surface area contributed by atoms with Crippen LogP contribution in [0.25, 0.3) is 10.9 Å². The second-order valence-electron chi connectivity index (χ2n) is 5.85. The van der Waals surface area contributed by atoms with Crippen LogP contribution in [0.5, 0.6) is 0 Å². The fourth-order valence-electron chi connectivity index (χ4n) is 2.91. The maximum Gasteiger partial charge on any atom is 0.0705 e. The number of fused-ring (bicyclic) bond motifs is 1.